The maximum Gasteiger partial charge on any atom is 0.326 e. The first-order chi connectivity index (χ1) is 9.45. The van der Waals surface area contributed by atoms with Gasteiger partial charge in [0, 0.05) is 20.2 Å². The minimum atomic E-state index is -0.994. The lowest BCUT2D eigenvalue weighted by atomic mass is 9.99. The summed E-state index contributed by atoms with van der Waals surface area (Å²) in [5.74, 6) is -0.391. The smallest absolute Gasteiger partial charge is 0.326 e. The van der Waals surface area contributed by atoms with Gasteiger partial charge in [-0.1, -0.05) is 20.3 Å². The maximum absolute atomic E-state index is 11.9. The van der Waals surface area contributed by atoms with Gasteiger partial charge in [0.05, 0.1) is 6.61 Å². The molecule has 20 heavy (non-hydrogen) atoms. The van der Waals surface area contributed by atoms with Crippen molar-refractivity contribution in [2.75, 3.05) is 26.8 Å². The summed E-state index contributed by atoms with van der Waals surface area (Å²) in [6.45, 7) is 5.44. The Hall–Kier alpha value is -1.30. The highest BCUT2D eigenvalue weighted by Crippen LogP contribution is 2.28. The van der Waals surface area contributed by atoms with Crippen molar-refractivity contribution in [3.8, 4) is 0 Å². The second kappa shape index (κ2) is 8.09. The van der Waals surface area contributed by atoms with Crippen LogP contribution in [-0.2, 0) is 9.53 Å². The number of likely N-dealkylation sites (N-methyl/N-ethyl adjacent to an activating group) is 1. The van der Waals surface area contributed by atoms with Gasteiger partial charge in [0.25, 0.3) is 0 Å². The second-order valence-corrected chi connectivity index (χ2v) is 5.59. The van der Waals surface area contributed by atoms with Gasteiger partial charge in [-0.15, -0.1) is 0 Å². The van der Waals surface area contributed by atoms with E-state index in [0.29, 0.717) is 25.5 Å². The Morgan fingerprint density at radius 2 is 2.10 bits per heavy atom. The molecule has 6 nitrogen and oxygen atoms in total. The molecular weight excluding hydrogens is 260 g/mol. The lowest BCUT2D eigenvalue weighted by Crippen LogP contribution is -2.50. The number of hydrogen-bond donors (Lipinski definition) is 2. The number of carbonyl (C=O) groups excluding carboxylic acids is 1. The van der Waals surface area contributed by atoms with E-state index in [2.05, 4.69) is 5.32 Å². The molecule has 0 radical (unpaired) electrons. The summed E-state index contributed by atoms with van der Waals surface area (Å²) < 4.78 is 5.46. The first-order valence-corrected chi connectivity index (χ1v) is 7.27. The summed E-state index contributed by atoms with van der Waals surface area (Å²) in [5.41, 5.74) is 0. The van der Waals surface area contributed by atoms with Gasteiger partial charge in [0.15, 0.2) is 0 Å². The van der Waals surface area contributed by atoms with Gasteiger partial charge < -0.3 is 20.1 Å². The molecule has 2 atom stereocenters. The number of carboxylic acids is 1. The number of rotatable bonds is 9. The molecule has 1 saturated carbocycles. The molecule has 0 saturated heterocycles. The average molecular weight is 286 g/mol. The van der Waals surface area contributed by atoms with E-state index in [0.717, 1.165) is 6.61 Å². The number of amides is 2. The van der Waals surface area contributed by atoms with E-state index in [1.165, 1.54) is 17.7 Å². The van der Waals surface area contributed by atoms with E-state index >= 15 is 0 Å². The van der Waals surface area contributed by atoms with Crippen LogP contribution in [0.15, 0.2) is 0 Å². The first kappa shape index (κ1) is 16.8. The van der Waals surface area contributed by atoms with Crippen LogP contribution in [-0.4, -0.2) is 54.9 Å². The van der Waals surface area contributed by atoms with Gasteiger partial charge in [-0.05, 0) is 24.7 Å². The first-order valence-electron chi connectivity index (χ1n) is 7.27. The molecule has 0 heterocycles. The van der Waals surface area contributed by atoms with E-state index in [-0.39, 0.29) is 11.9 Å². The Bertz CT molecular complexity index is 331. The van der Waals surface area contributed by atoms with Crippen LogP contribution >= 0.6 is 0 Å². The van der Waals surface area contributed by atoms with Crippen LogP contribution in [0, 0.1) is 11.8 Å². The molecule has 0 aromatic rings. The highest BCUT2D eigenvalue weighted by Gasteiger charge is 2.26. The molecule has 1 rings (SSSR count). The molecular formula is C14H26N2O4. The zero-order chi connectivity index (χ0) is 15.1. The fraction of sp³-hybridized carbons (Fsp3) is 0.857. The van der Waals surface area contributed by atoms with Crippen LogP contribution in [0.2, 0.25) is 0 Å². The summed E-state index contributed by atoms with van der Waals surface area (Å²) in [4.78, 5) is 24.5. The minimum Gasteiger partial charge on any atom is -0.480 e. The molecule has 0 bridgehead atoms. The van der Waals surface area contributed by atoms with Crippen LogP contribution in [0.1, 0.15) is 33.1 Å². The molecule has 1 aliphatic carbocycles. The van der Waals surface area contributed by atoms with E-state index in [1.807, 2.05) is 13.8 Å². The molecule has 0 aromatic heterocycles. The predicted molar refractivity (Wildman–Crippen MR) is 75.6 cm³/mol. The SMILES string of the molecule is CCC(C)[C@H](NC(=O)N(C)CCOCC1CC1)C(=O)O. The third-order valence-electron chi connectivity index (χ3n) is 3.73. The second-order valence-electron chi connectivity index (χ2n) is 5.59. The number of nitrogens with one attached hydrogen (secondary N) is 1. The molecule has 1 fully saturated rings. The number of carboxylic acid groups (broad SMARTS) is 1. The maximum atomic E-state index is 11.9. The number of hydrogen-bond acceptors (Lipinski definition) is 3. The van der Waals surface area contributed by atoms with Crippen molar-refractivity contribution in [1.29, 1.82) is 0 Å². The summed E-state index contributed by atoms with van der Waals surface area (Å²) >= 11 is 0. The topological polar surface area (TPSA) is 78.9 Å². The molecule has 2 amide bonds. The predicted octanol–water partition coefficient (Wildman–Crippen LogP) is 1.55. The number of urea groups is 1. The van der Waals surface area contributed by atoms with Crippen LogP contribution in [0.5, 0.6) is 0 Å². The van der Waals surface area contributed by atoms with E-state index in [9.17, 15) is 9.59 Å². The van der Waals surface area contributed by atoms with Crippen molar-refractivity contribution in [2.24, 2.45) is 11.8 Å². The highest BCUT2D eigenvalue weighted by molar-refractivity contribution is 5.82. The van der Waals surface area contributed by atoms with Crippen molar-refractivity contribution in [3.05, 3.63) is 0 Å². The average Bonchev–Trinajstić information content (AvgIpc) is 3.23. The number of ether oxygens (including phenoxy) is 1. The normalized spacial score (nSPS) is 17.4. The summed E-state index contributed by atoms with van der Waals surface area (Å²) in [7, 11) is 1.64. The summed E-state index contributed by atoms with van der Waals surface area (Å²) in [5, 5.41) is 11.7. The van der Waals surface area contributed by atoms with Crippen molar-refractivity contribution in [1.82, 2.24) is 10.2 Å². The van der Waals surface area contributed by atoms with Gasteiger partial charge in [-0.2, -0.15) is 0 Å². The number of nitrogens with zero attached hydrogens (tertiary/aromatic N) is 1. The van der Waals surface area contributed by atoms with Crippen LogP contribution in [0.25, 0.3) is 0 Å². The van der Waals surface area contributed by atoms with Crippen molar-refractivity contribution < 1.29 is 19.4 Å². The zero-order valence-corrected chi connectivity index (χ0v) is 12.6. The lowest BCUT2D eigenvalue weighted by molar-refractivity contribution is -0.140. The molecule has 2 N–H and O–H groups in total. The third-order valence-corrected chi connectivity index (χ3v) is 3.73. The largest absolute Gasteiger partial charge is 0.480 e. The quantitative estimate of drug-likeness (QED) is 0.630. The Kier molecular flexibility index (Phi) is 6.78. The van der Waals surface area contributed by atoms with E-state index in [4.69, 9.17) is 9.84 Å². The number of aliphatic carboxylic acids is 1. The van der Waals surface area contributed by atoms with Gasteiger partial charge in [-0.25, -0.2) is 9.59 Å². The zero-order valence-electron chi connectivity index (χ0n) is 12.6. The summed E-state index contributed by atoms with van der Waals surface area (Å²) in [6.07, 6.45) is 3.18. The molecule has 6 heteroatoms. The van der Waals surface area contributed by atoms with Crippen LogP contribution in [0.3, 0.4) is 0 Å². The summed E-state index contributed by atoms with van der Waals surface area (Å²) in [6, 6.07) is -1.21. The van der Waals surface area contributed by atoms with Gasteiger partial charge in [0.2, 0.25) is 0 Å². The van der Waals surface area contributed by atoms with Crippen molar-refractivity contribution in [2.45, 2.75) is 39.2 Å². The molecule has 1 aliphatic rings. The molecule has 0 aliphatic heterocycles. The molecule has 116 valence electrons. The fourth-order valence-corrected chi connectivity index (χ4v) is 1.76. The van der Waals surface area contributed by atoms with Gasteiger partial charge in [0.1, 0.15) is 6.04 Å². The lowest BCUT2D eigenvalue weighted by Gasteiger charge is -2.24. The monoisotopic (exact) mass is 286 g/mol. The fourth-order valence-electron chi connectivity index (χ4n) is 1.76. The van der Waals surface area contributed by atoms with Crippen molar-refractivity contribution in [3.63, 3.8) is 0 Å². The Morgan fingerprint density at radius 1 is 1.45 bits per heavy atom. The number of carbonyl (C=O) groups is 2. The van der Waals surface area contributed by atoms with E-state index < -0.39 is 12.0 Å². The highest BCUT2D eigenvalue weighted by atomic mass is 16.5. The van der Waals surface area contributed by atoms with Gasteiger partial charge >= 0.3 is 12.0 Å². The minimum absolute atomic E-state index is 0.101. The van der Waals surface area contributed by atoms with Crippen LogP contribution < -0.4 is 5.32 Å². The Balaban J connectivity index is 2.28. The molecule has 1 unspecified atom stereocenters. The Labute approximate surface area is 120 Å². The van der Waals surface area contributed by atoms with Crippen LogP contribution in [0.4, 0.5) is 4.79 Å². The third kappa shape index (κ3) is 5.77. The van der Waals surface area contributed by atoms with E-state index in [1.54, 1.807) is 7.05 Å². The molecule has 0 spiro atoms. The Morgan fingerprint density at radius 3 is 2.60 bits per heavy atom. The van der Waals surface area contributed by atoms with Gasteiger partial charge in [-0.3, -0.25) is 0 Å². The van der Waals surface area contributed by atoms with Crippen molar-refractivity contribution >= 4 is 12.0 Å². The molecule has 0 aromatic carbocycles. The standard InChI is InChI=1S/C14H26N2O4/c1-4-10(2)12(13(17)18)15-14(19)16(3)7-8-20-9-11-5-6-11/h10-12H,4-9H2,1-3H3,(H,15,19)(H,17,18)/t10?,12-/m0/s1.